The van der Waals surface area contributed by atoms with Crippen molar-refractivity contribution >= 4 is 15.8 Å². The van der Waals surface area contributed by atoms with Gasteiger partial charge in [-0.1, -0.05) is 84.9 Å². The molecule has 142 valence electrons. The van der Waals surface area contributed by atoms with E-state index in [1.807, 2.05) is 19.1 Å². The Hall–Kier alpha value is -3.02. The smallest absolute Gasteiger partial charge is 0.241 e. The van der Waals surface area contributed by atoms with Crippen molar-refractivity contribution in [2.75, 3.05) is 0 Å². The molecule has 0 aliphatic heterocycles. The first-order chi connectivity index (χ1) is 13.4. The largest absolute Gasteiger partial charge is 0.289 e. The van der Waals surface area contributed by atoms with Crippen molar-refractivity contribution in [1.82, 2.24) is 4.72 Å². The number of hydrogen-bond donors (Lipinski definition) is 1. The third-order valence-electron chi connectivity index (χ3n) is 4.41. The Labute approximate surface area is 165 Å². The first kappa shape index (κ1) is 19.7. The monoisotopic (exact) mass is 391 g/mol. The zero-order chi connectivity index (χ0) is 20.1. The average molecular weight is 391 g/mol. The first-order valence-corrected chi connectivity index (χ1v) is 10.3. The summed E-state index contributed by atoms with van der Waals surface area (Å²) in [6.45, 7) is 5.81. The molecule has 0 aliphatic rings. The van der Waals surface area contributed by atoms with Crippen LogP contribution in [0.3, 0.4) is 0 Å². The fraction of sp³-hybridized carbons (Fsp3) is 0.0870. The molecular weight excluding hydrogens is 370 g/mol. The van der Waals surface area contributed by atoms with Gasteiger partial charge in [-0.2, -0.15) is 4.72 Å². The predicted molar refractivity (Wildman–Crippen MR) is 111 cm³/mol. The van der Waals surface area contributed by atoms with Crippen molar-refractivity contribution in [2.24, 2.45) is 0 Å². The van der Waals surface area contributed by atoms with Crippen molar-refractivity contribution in [2.45, 2.75) is 17.9 Å². The van der Waals surface area contributed by atoms with E-state index in [0.717, 1.165) is 5.56 Å². The molecule has 3 rings (SSSR count). The van der Waals surface area contributed by atoms with E-state index >= 15 is 0 Å². The van der Waals surface area contributed by atoms with Gasteiger partial charge in [-0.15, -0.1) is 0 Å². The summed E-state index contributed by atoms with van der Waals surface area (Å²) in [7, 11) is -3.85. The number of nitrogens with one attached hydrogen (secondary N) is 1. The summed E-state index contributed by atoms with van der Waals surface area (Å²) in [6.07, 6.45) is 0. The second-order valence-electron chi connectivity index (χ2n) is 6.50. The molecule has 1 atom stereocenters. The van der Waals surface area contributed by atoms with Crippen molar-refractivity contribution in [1.29, 1.82) is 0 Å². The van der Waals surface area contributed by atoms with Crippen LogP contribution in [-0.4, -0.2) is 14.2 Å². The molecular formula is C23H21NO3S. The van der Waals surface area contributed by atoms with E-state index in [4.69, 9.17) is 0 Å². The maximum absolute atomic E-state index is 12.9. The molecule has 0 saturated heterocycles. The van der Waals surface area contributed by atoms with Crippen LogP contribution < -0.4 is 4.72 Å². The van der Waals surface area contributed by atoms with Crippen LogP contribution in [0, 0.1) is 6.92 Å². The van der Waals surface area contributed by atoms with Crippen LogP contribution >= 0.6 is 0 Å². The molecule has 5 heteroatoms. The summed E-state index contributed by atoms with van der Waals surface area (Å²) in [5.74, 6) is -0.305. The molecule has 1 N–H and O–H groups in total. The molecule has 0 radical (unpaired) electrons. The second-order valence-corrected chi connectivity index (χ2v) is 8.21. The quantitative estimate of drug-likeness (QED) is 0.478. The van der Waals surface area contributed by atoms with Crippen LogP contribution in [-0.2, 0) is 10.0 Å². The molecule has 0 bridgehead atoms. The highest BCUT2D eigenvalue weighted by Gasteiger charge is 2.27. The highest BCUT2D eigenvalue weighted by Crippen LogP contribution is 2.26. The molecule has 0 saturated carbocycles. The van der Waals surface area contributed by atoms with E-state index in [2.05, 4.69) is 11.3 Å². The summed E-state index contributed by atoms with van der Waals surface area (Å²) in [6, 6.07) is 23.3. The number of carbonyl (C=O) groups excluding carboxylic acids is 1. The van der Waals surface area contributed by atoms with Gasteiger partial charge in [-0.3, -0.25) is 4.79 Å². The van der Waals surface area contributed by atoms with Gasteiger partial charge in [0, 0.05) is 11.1 Å². The number of carbonyl (C=O) groups is 1. The SMILES string of the molecule is C=C(C(=O)c1ccccc1)C(NS(=O)(=O)c1ccc(C)cc1)c1ccccc1. The topological polar surface area (TPSA) is 63.2 Å². The first-order valence-electron chi connectivity index (χ1n) is 8.81. The molecule has 4 nitrogen and oxygen atoms in total. The van der Waals surface area contributed by atoms with Gasteiger partial charge >= 0.3 is 0 Å². The lowest BCUT2D eigenvalue weighted by atomic mass is 9.94. The highest BCUT2D eigenvalue weighted by atomic mass is 32.2. The molecule has 0 amide bonds. The summed E-state index contributed by atoms with van der Waals surface area (Å²) in [5.41, 5.74) is 2.23. The number of benzene rings is 3. The number of hydrogen-bond acceptors (Lipinski definition) is 3. The molecule has 3 aromatic carbocycles. The van der Waals surface area contributed by atoms with E-state index in [0.29, 0.717) is 11.1 Å². The van der Waals surface area contributed by atoms with Gasteiger partial charge in [0.05, 0.1) is 10.9 Å². The summed E-state index contributed by atoms with van der Waals surface area (Å²) >= 11 is 0. The van der Waals surface area contributed by atoms with E-state index in [9.17, 15) is 13.2 Å². The van der Waals surface area contributed by atoms with E-state index < -0.39 is 16.1 Å². The molecule has 0 fully saturated rings. The van der Waals surface area contributed by atoms with Crippen LogP contribution in [0.2, 0.25) is 0 Å². The normalized spacial score (nSPS) is 12.3. The third kappa shape index (κ3) is 4.44. The van der Waals surface area contributed by atoms with Crippen molar-refractivity contribution in [3.8, 4) is 0 Å². The summed E-state index contributed by atoms with van der Waals surface area (Å²) in [5, 5.41) is 0. The van der Waals surface area contributed by atoms with Crippen LogP contribution in [0.5, 0.6) is 0 Å². The second kappa shape index (κ2) is 8.33. The molecule has 0 spiro atoms. The minimum absolute atomic E-state index is 0.138. The van der Waals surface area contributed by atoms with Gasteiger partial charge in [0.1, 0.15) is 0 Å². The van der Waals surface area contributed by atoms with Gasteiger partial charge in [0.15, 0.2) is 5.78 Å². The van der Waals surface area contributed by atoms with E-state index in [1.54, 1.807) is 72.8 Å². The standard InChI is InChI=1S/C23H21NO3S/c1-17-13-15-21(16-14-17)28(26,27)24-22(19-9-5-3-6-10-19)18(2)23(25)20-11-7-4-8-12-20/h3-16,22,24H,2H2,1H3. The van der Waals surface area contributed by atoms with Gasteiger partial charge in [-0.25, -0.2) is 8.42 Å². The highest BCUT2D eigenvalue weighted by molar-refractivity contribution is 7.89. The van der Waals surface area contributed by atoms with Crippen molar-refractivity contribution in [3.63, 3.8) is 0 Å². The Balaban J connectivity index is 1.97. The van der Waals surface area contributed by atoms with Crippen LogP contribution in [0.15, 0.2) is 102 Å². The summed E-state index contributed by atoms with van der Waals surface area (Å²) in [4.78, 5) is 13.0. The Morgan fingerprint density at radius 3 is 1.96 bits per heavy atom. The lowest BCUT2D eigenvalue weighted by molar-refractivity contribution is 0.102. The van der Waals surface area contributed by atoms with Gasteiger partial charge in [-0.05, 0) is 24.6 Å². The van der Waals surface area contributed by atoms with Gasteiger partial charge in [0.2, 0.25) is 10.0 Å². The number of ketones is 1. The zero-order valence-corrected chi connectivity index (χ0v) is 16.3. The Morgan fingerprint density at radius 2 is 1.39 bits per heavy atom. The zero-order valence-electron chi connectivity index (χ0n) is 15.5. The number of Topliss-reactive ketones (excluding diaryl/α,β-unsaturated/α-hetero) is 1. The van der Waals surface area contributed by atoms with Crippen LogP contribution in [0.25, 0.3) is 0 Å². The molecule has 1 unspecified atom stereocenters. The predicted octanol–water partition coefficient (Wildman–Crippen LogP) is 4.45. The molecule has 0 aromatic heterocycles. The molecule has 3 aromatic rings. The fourth-order valence-electron chi connectivity index (χ4n) is 2.83. The van der Waals surface area contributed by atoms with Gasteiger partial charge < -0.3 is 0 Å². The lowest BCUT2D eigenvalue weighted by Gasteiger charge is -2.21. The third-order valence-corrected chi connectivity index (χ3v) is 5.85. The average Bonchev–Trinajstić information content (AvgIpc) is 2.72. The maximum atomic E-state index is 12.9. The lowest BCUT2D eigenvalue weighted by Crippen LogP contribution is -2.31. The number of aryl methyl sites for hydroxylation is 1. The number of sulfonamides is 1. The van der Waals surface area contributed by atoms with Gasteiger partial charge in [0.25, 0.3) is 0 Å². The Bertz CT molecular complexity index is 1070. The Morgan fingerprint density at radius 1 is 0.857 bits per heavy atom. The molecule has 28 heavy (non-hydrogen) atoms. The fourth-order valence-corrected chi connectivity index (χ4v) is 4.05. The minimum atomic E-state index is -3.85. The van der Waals surface area contributed by atoms with Crippen molar-refractivity contribution in [3.05, 3.63) is 114 Å². The van der Waals surface area contributed by atoms with E-state index in [-0.39, 0.29) is 16.3 Å². The Kier molecular flexibility index (Phi) is 5.87. The minimum Gasteiger partial charge on any atom is -0.289 e. The van der Waals surface area contributed by atoms with Crippen molar-refractivity contribution < 1.29 is 13.2 Å². The summed E-state index contributed by atoms with van der Waals surface area (Å²) < 4.78 is 28.5. The van der Waals surface area contributed by atoms with Crippen LogP contribution in [0.1, 0.15) is 27.5 Å². The number of rotatable bonds is 7. The van der Waals surface area contributed by atoms with E-state index in [1.165, 1.54) is 0 Å². The maximum Gasteiger partial charge on any atom is 0.241 e. The molecule has 0 heterocycles. The van der Waals surface area contributed by atoms with Crippen LogP contribution in [0.4, 0.5) is 0 Å². The molecule has 0 aliphatic carbocycles.